The fourth-order valence-corrected chi connectivity index (χ4v) is 3.53. The SMILES string of the molecule is CCCCc1ccc(C#Cc2ccc(C#Cc3cc(F)c(F)c(F)c3)cc2C2CC2)cc1. The smallest absolute Gasteiger partial charge is 0.194 e. The molecule has 0 saturated heterocycles. The second-order valence-corrected chi connectivity index (χ2v) is 8.13. The Hall–Kier alpha value is -3.43. The predicted octanol–water partition coefficient (Wildman–Crippen LogP) is 7.12. The van der Waals surface area contributed by atoms with Crippen LogP contribution in [0.15, 0.2) is 54.6 Å². The van der Waals surface area contributed by atoms with Gasteiger partial charge in [0.1, 0.15) is 0 Å². The summed E-state index contributed by atoms with van der Waals surface area (Å²) < 4.78 is 39.9. The van der Waals surface area contributed by atoms with Crippen molar-refractivity contribution in [1.82, 2.24) is 0 Å². The Morgan fingerprint density at radius 1 is 0.750 bits per heavy atom. The van der Waals surface area contributed by atoms with Crippen molar-refractivity contribution in [2.24, 2.45) is 0 Å². The third kappa shape index (κ3) is 5.43. The number of halogens is 3. The molecule has 0 nitrogen and oxygen atoms in total. The maximum atomic E-state index is 13.4. The zero-order chi connectivity index (χ0) is 22.5. The van der Waals surface area contributed by atoms with Gasteiger partial charge in [-0.1, -0.05) is 49.2 Å². The van der Waals surface area contributed by atoms with Crippen LogP contribution in [-0.2, 0) is 6.42 Å². The maximum absolute atomic E-state index is 13.4. The molecule has 0 radical (unpaired) electrons. The standard InChI is InChI=1S/C29H23F3/c1-2-3-4-20-5-7-21(8-6-20)11-13-24-14-12-22(17-26(24)25-15-16-25)9-10-23-18-27(30)29(32)28(31)19-23/h5-8,12,14,17-19,25H,2-4,15-16H2,1H3. The minimum absolute atomic E-state index is 0.0978. The van der Waals surface area contributed by atoms with Crippen LogP contribution in [0.25, 0.3) is 0 Å². The molecule has 0 N–H and O–H groups in total. The highest BCUT2D eigenvalue weighted by Crippen LogP contribution is 2.41. The van der Waals surface area contributed by atoms with Crippen LogP contribution in [0.2, 0.25) is 0 Å². The van der Waals surface area contributed by atoms with Gasteiger partial charge in [0, 0.05) is 22.3 Å². The Morgan fingerprint density at radius 3 is 2.03 bits per heavy atom. The van der Waals surface area contributed by atoms with Gasteiger partial charge in [0.05, 0.1) is 0 Å². The summed E-state index contributed by atoms with van der Waals surface area (Å²) in [5, 5.41) is 0. The Kier molecular flexibility index (Phi) is 6.67. The van der Waals surface area contributed by atoms with Gasteiger partial charge in [-0.3, -0.25) is 0 Å². The molecule has 0 bridgehead atoms. The summed E-state index contributed by atoms with van der Waals surface area (Å²) in [6, 6.07) is 16.0. The van der Waals surface area contributed by atoms with Gasteiger partial charge in [-0.25, -0.2) is 13.2 Å². The fourth-order valence-electron chi connectivity index (χ4n) is 3.53. The van der Waals surface area contributed by atoms with Crippen molar-refractivity contribution in [3.63, 3.8) is 0 Å². The zero-order valence-corrected chi connectivity index (χ0v) is 17.9. The predicted molar refractivity (Wildman–Crippen MR) is 122 cm³/mol. The van der Waals surface area contributed by atoms with Crippen LogP contribution in [0.3, 0.4) is 0 Å². The molecular formula is C29H23F3. The first-order valence-corrected chi connectivity index (χ1v) is 10.9. The topological polar surface area (TPSA) is 0 Å². The van der Waals surface area contributed by atoms with Gasteiger partial charge in [-0.15, -0.1) is 0 Å². The maximum Gasteiger partial charge on any atom is 0.194 e. The number of hydrogen-bond acceptors (Lipinski definition) is 0. The van der Waals surface area contributed by atoms with E-state index in [1.54, 1.807) is 0 Å². The third-order valence-corrected chi connectivity index (χ3v) is 5.52. The molecule has 4 rings (SSSR count). The van der Waals surface area contributed by atoms with Crippen molar-refractivity contribution in [1.29, 1.82) is 0 Å². The van der Waals surface area contributed by atoms with E-state index >= 15 is 0 Å². The molecule has 0 amide bonds. The molecule has 0 atom stereocenters. The van der Waals surface area contributed by atoms with E-state index in [1.165, 1.54) is 18.4 Å². The third-order valence-electron chi connectivity index (χ3n) is 5.52. The average molecular weight is 428 g/mol. The summed E-state index contributed by atoms with van der Waals surface area (Å²) in [6.07, 6.45) is 5.70. The van der Waals surface area contributed by atoms with E-state index in [1.807, 2.05) is 18.2 Å². The molecule has 0 aliphatic heterocycles. The lowest BCUT2D eigenvalue weighted by molar-refractivity contribution is 0.446. The van der Waals surface area contributed by atoms with E-state index < -0.39 is 17.5 Å². The first-order chi connectivity index (χ1) is 15.5. The first kappa shape index (κ1) is 21.8. The zero-order valence-electron chi connectivity index (χ0n) is 17.9. The van der Waals surface area contributed by atoms with Crippen LogP contribution in [0.5, 0.6) is 0 Å². The van der Waals surface area contributed by atoms with Gasteiger partial charge in [0.15, 0.2) is 17.5 Å². The van der Waals surface area contributed by atoms with Gasteiger partial charge >= 0.3 is 0 Å². The van der Waals surface area contributed by atoms with Crippen LogP contribution in [0.4, 0.5) is 13.2 Å². The highest BCUT2D eigenvalue weighted by Gasteiger charge is 2.25. The fraction of sp³-hybridized carbons (Fsp3) is 0.241. The molecule has 160 valence electrons. The van der Waals surface area contributed by atoms with E-state index in [2.05, 4.69) is 54.9 Å². The number of benzene rings is 3. The van der Waals surface area contributed by atoms with Crippen LogP contribution in [0, 0.1) is 41.1 Å². The molecular weight excluding hydrogens is 405 g/mol. The molecule has 3 aromatic rings. The van der Waals surface area contributed by atoms with Crippen molar-refractivity contribution in [2.75, 3.05) is 0 Å². The lowest BCUT2D eigenvalue weighted by Gasteiger charge is -2.04. The summed E-state index contributed by atoms with van der Waals surface area (Å²) in [6.45, 7) is 2.19. The van der Waals surface area contributed by atoms with E-state index in [4.69, 9.17) is 0 Å². The number of aryl methyl sites for hydroxylation is 1. The second kappa shape index (κ2) is 9.80. The van der Waals surface area contributed by atoms with Gasteiger partial charge in [-0.2, -0.15) is 0 Å². The molecule has 1 aliphatic carbocycles. The van der Waals surface area contributed by atoms with Gasteiger partial charge in [0.2, 0.25) is 0 Å². The Morgan fingerprint density at radius 2 is 1.38 bits per heavy atom. The van der Waals surface area contributed by atoms with Crippen LogP contribution in [0.1, 0.15) is 71.9 Å². The lowest BCUT2D eigenvalue weighted by Crippen LogP contribution is -1.92. The van der Waals surface area contributed by atoms with Gasteiger partial charge < -0.3 is 0 Å². The lowest BCUT2D eigenvalue weighted by atomic mass is 9.99. The normalized spacial score (nSPS) is 12.5. The molecule has 3 aromatic carbocycles. The molecule has 1 fully saturated rings. The monoisotopic (exact) mass is 428 g/mol. The summed E-state index contributed by atoms with van der Waals surface area (Å²) in [5.41, 5.74) is 5.28. The molecule has 0 heterocycles. The minimum atomic E-state index is -1.48. The highest BCUT2D eigenvalue weighted by atomic mass is 19.2. The average Bonchev–Trinajstić information content (AvgIpc) is 3.65. The van der Waals surface area contributed by atoms with Crippen LogP contribution in [-0.4, -0.2) is 0 Å². The van der Waals surface area contributed by atoms with Crippen LogP contribution < -0.4 is 0 Å². The van der Waals surface area contributed by atoms with Crippen LogP contribution >= 0.6 is 0 Å². The molecule has 1 saturated carbocycles. The van der Waals surface area contributed by atoms with Crippen molar-refractivity contribution in [3.8, 4) is 23.7 Å². The van der Waals surface area contributed by atoms with Crippen molar-refractivity contribution in [3.05, 3.63) is 105 Å². The number of rotatable bonds is 4. The van der Waals surface area contributed by atoms with Gasteiger partial charge in [0.25, 0.3) is 0 Å². The molecule has 0 spiro atoms. The van der Waals surface area contributed by atoms with E-state index in [0.717, 1.165) is 53.6 Å². The Balaban J connectivity index is 1.56. The Bertz CT molecular complexity index is 1220. The first-order valence-electron chi connectivity index (χ1n) is 10.9. The van der Waals surface area contributed by atoms with E-state index in [0.29, 0.717) is 5.92 Å². The minimum Gasteiger partial charge on any atom is -0.204 e. The molecule has 32 heavy (non-hydrogen) atoms. The van der Waals surface area contributed by atoms with Crippen molar-refractivity contribution in [2.45, 2.75) is 44.9 Å². The highest BCUT2D eigenvalue weighted by molar-refractivity contribution is 5.53. The molecule has 0 unspecified atom stereocenters. The number of unbranched alkanes of at least 4 members (excludes halogenated alkanes) is 1. The molecule has 3 heteroatoms. The largest absolute Gasteiger partial charge is 0.204 e. The Labute approximate surface area is 187 Å². The van der Waals surface area contributed by atoms with Gasteiger partial charge in [-0.05, 0) is 85.2 Å². The number of hydrogen-bond donors (Lipinski definition) is 0. The second-order valence-electron chi connectivity index (χ2n) is 8.13. The summed E-state index contributed by atoms with van der Waals surface area (Å²) in [5.74, 6) is 8.71. The van der Waals surface area contributed by atoms with Crippen molar-refractivity contribution >= 4 is 0 Å². The molecule has 0 aromatic heterocycles. The quantitative estimate of drug-likeness (QED) is 0.306. The molecule has 1 aliphatic rings. The van der Waals surface area contributed by atoms with Crippen molar-refractivity contribution < 1.29 is 13.2 Å². The van der Waals surface area contributed by atoms with E-state index in [9.17, 15) is 13.2 Å². The van der Waals surface area contributed by atoms with E-state index in [-0.39, 0.29) is 5.56 Å². The summed E-state index contributed by atoms with van der Waals surface area (Å²) in [7, 11) is 0. The summed E-state index contributed by atoms with van der Waals surface area (Å²) >= 11 is 0. The summed E-state index contributed by atoms with van der Waals surface area (Å²) in [4.78, 5) is 0.